The van der Waals surface area contributed by atoms with Crippen molar-refractivity contribution < 1.29 is 4.79 Å². The van der Waals surface area contributed by atoms with E-state index in [4.69, 9.17) is 0 Å². The number of fused-ring (bicyclic) bond motifs is 1. The van der Waals surface area contributed by atoms with Crippen LogP contribution in [0.5, 0.6) is 0 Å². The lowest BCUT2D eigenvalue weighted by molar-refractivity contribution is 0.102. The molecule has 0 radical (unpaired) electrons. The normalized spacial score (nSPS) is 10.4. The molecule has 0 unspecified atom stereocenters. The van der Waals surface area contributed by atoms with Gasteiger partial charge in [0, 0.05) is 24.8 Å². The summed E-state index contributed by atoms with van der Waals surface area (Å²) in [5.74, 6) is -0.244. The van der Waals surface area contributed by atoms with Crippen LogP contribution in [0.3, 0.4) is 0 Å². The maximum atomic E-state index is 12.0. The smallest absolute Gasteiger partial charge is 0.274 e. The van der Waals surface area contributed by atoms with Gasteiger partial charge in [-0.3, -0.25) is 9.78 Å². The van der Waals surface area contributed by atoms with Gasteiger partial charge in [-0.1, -0.05) is 6.07 Å². The molecule has 0 aromatic carbocycles. The minimum Gasteiger partial charge on any atom is -0.317 e. The molecule has 1 N–H and O–H groups in total. The molecule has 0 aliphatic rings. The van der Waals surface area contributed by atoms with E-state index in [9.17, 15) is 4.79 Å². The zero-order valence-corrected chi connectivity index (χ0v) is 9.45. The van der Waals surface area contributed by atoms with Crippen LogP contribution in [0.4, 0.5) is 5.69 Å². The Morgan fingerprint density at radius 3 is 2.83 bits per heavy atom. The second-order valence-electron chi connectivity index (χ2n) is 3.75. The number of nitrogens with zero attached hydrogens (tertiary/aromatic N) is 3. The fourth-order valence-electron chi connectivity index (χ4n) is 1.73. The number of carbonyl (C=O) groups excluding carboxylic acids is 1. The van der Waals surface area contributed by atoms with Crippen molar-refractivity contribution in [2.24, 2.45) is 0 Å². The van der Waals surface area contributed by atoms with Gasteiger partial charge in [-0.2, -0.15) is 0 Å². The molecule has 18 heavy (non-hydrogen) atoms. The van der Waals surface area contributed by atoms with Crippen molar-refractivity contribution in [3.8, 4) is 0 Å². The predicted molar refractivity (Wildman–Crippen MR) is 67.4 cm³/mol. The molecule has 0 saturated heterocycles. The quantitative estimate of drug-likeness (QED) is 0.742. The molecule has 5 nitrogen and oxygen atoms in total. The maximum absolute atomic E-state index is 12.0. The Labute approximate surface area is 103 Å². The fourth-order valence-corrected chi connectivity index (χ4v) is 1.73. The number of imidazole rings is 1. The molecule has 0 saturated carbocycles. The highest BCUT2D eigenvalue weighted by Gasteiger charge is 2.09. The van der Waals surface area contributed by atoms with Crippen molar-refractivity contribution in [2.45, 2.75) is 0 Å². The van der Waals surface area contributed by atoms with Crippen molar-refractivity contribution in [3.63, 3.8) is 0 Å². The van der Waals surface area contributed by atoms with Gasteiger partial charge in [-0.25, -0.2) is 4.98 Å². The van der Waals surface area contributed by atoms with Gasteiger partial charge in [0.05, 0.1) is 5.69 Å². The highest BCUT2D eigenvalue weighted by Crippen LogP contribution is 2.15. The average Bonchev–Trinajstić information content (AvgIpc) is 2.89. The number of hydrogen-bond acceptors (Lipinski definition) is 3. The summed E-state index contributed by atoms with van der Waals surface area (Å²) in [6, 6.07) is 8.87. The first-order valence-corrected chi connectivity index (χ1v) is 5.49. The molecular weight excluding hydrogens is 228 g/mol. The largest absolute Gasteiger partial charge is 0.317 e. The number of aromatic nitrogens is 3. The van der Waals surface area contributed by atoms with E-state index in [0.717, 1.165) is 0 Å². The summed E-state index contributed by atoms with van der Waals surface area (Å²) in [6.45, 7) is 0. The molecule has 88 valence electrons. The van der Waals surface area contributed by atoms with Crippen LogP contribution in [0, 0.1) is 0 Å². The van der Waals surface area contributed by atoms with Gasteiger partial charge < -0.3 is 9.72 Å². The van der Waals surface area contributed by atoms with Crippen LogP contribution >= 0.6 is 0 Å². The molecule has 0 fully saturated rings. The molecule has 0 aliphatic heterocycles. The average molecular weight is 238 g/mol. The topological polar surface area (TPSA) is 59.3 Å². The number of amides is 1. The Morgan fingerprint density at radius 2 is 2.00 bits per heavy atom. The Kier molecular flexibility index (Phi) is 2.49. The van der Waals surface area contributed by atoms with Crippen molar-refractivity contribution in [2.75, 3.05) is 5.32 Å². The molecule has 0 atom stereocenters. The molecule has 5 heteroatoms. The number of carbonyl (C=O) groups is 1. The summed E-state index contributed by atoms with van der Waals surface area (Å²) in [4.78, 5) is 20.2. The van der Waals surface area contributed by atoms with E-state index in [0.29, 0.717) is 17.0 Å². The van der Waals surface area contributed by atoms with Gasteiger partial charge >= 0.3 is 0 Å². The highest BCUT2D eigenvalue weighted by molar-refractivity contribution is 6.04. The molecule has 3 aromatic rings. The number of hydrogen-bond donors (Lipinski definition) is 1. The van der Waals surface area contributed by atoms with E-state index in [1.54, 1.807) is 30.6 Å². The Balaban J connectivity index is 1.93. The van der Waals surface area contributed by atoms with Crippen molar-refractivity contribution in [3.05, 3.63) is 60.8 Å². The van der Waals surface area contributed by atoms with Crippen molar-refractivity contribution in [1.82, 2.24) is 14.4 Å². The SMILES string of the molecule is O=C(Nc1cccn2ccnc12)c1ccccn1. The van der Waals surface area contributed by atoms with E-state index >= 15 is 0 Å². The van der Waals surface area contributed by atoms with E-state index in [1.807, 2.05) is 28.9 Å². The number of nitrogens with one attached hydrogen (secondary N) is 1. The van der Waals surface area contributed by atoms with Crippen LogP contribution in [0.1, 0.15) is 10.5 Å². The van der Waals surface area contributed by atoms with Crippen LogP contribution in [-0.4, -0.2) is 20.3 Å². The second-order valence-corrected chi connectivity index (χ2v) is 3.75. The third-order valence-corrected chi connectivity index (χ3v) is 2.56. The summed E-state index contributed by atoms with van der Waals surface area (Å²) in [5, 5.41) is 2.80. The van der Waals surface area contributed by atoms with Crippen molar-refractivity contribution in [1.29, 1.82) is 0 Å². The third-order valence-electron chi connectivity index (χ3n) is 2.56. The van der Waals surface area contributed by atoms with Crippen molar-refractivity contribution >= 4 is 17.2 Å². The molecule has 3 aromatic heterocycles. The fraction of sp³-hybridized carbons (Fsp3) is 0. The first-order chi connectivity index (χ1) is 8.84. The molecule has 1 amide bonds. The monoisotopic (exact) mass is 238 g/mol. The van der Waals surface area contributed by atoms with Crippen LogP contribution in [0.15, 0.2) is 55.1 Å². The maximum Gasteiger partial charge on any atom is 0.274 e. The zero-order chi connectivity index (χ0) is 12.4. The van der Waals surface area contributed by atoms with E-state index < -0.39 is 0 Å². The Bertz CT molecular complexity index is 690. The molecule has 3 heterocycles. The Hall–Kier alpha value is -2.69. The third kappa shape index (κ3) is 1.82. The molecule has 0 spiro atoms. The van der Waals surface area contributed by atoms with E-state index in [1.165, 1.54) is 0 Å². The van der Waals surface area contributed by atoms with Gasteiger partial charge in [-0.05, 0) is 24.3 Å². The van der Waals surface area contributed by atoms with Crippen LogP contribution in [-0.2, 0) is 0 Å². The van der Waals surface area contributed by atoms with Gasteiger partial charge in [0.1, 0.15) is 5.69 Å². The minimum absolute atomic E-state index is 0.244. The lowest BCUT2D eigenvalue weighted by Crippen LogP contribution is -2.14. The summed E-state index contributed by atoms with van der Waals surface area (Å²) < 4.78 is 1.84. The molecular formula is C13H10N4O. The van der Waals surface area contributed by atoms with Gasteiger partial charge in [0.15, 0.2) is 5.65 Å². The summed E-state index contributed by atoms with van der Waals surface area (Å²) in [5.41, 5.74) is 1.76. The predicted octanol–water partition coefficient (Wildman–Crippen LogP) is 1.98. The first kappa shape index (κ1) is 10.5. The number of rotatable bonds is 2. The first-order valence-electron chi connectivity index (χ1n) is 5.49. The number of pyridine rings is 2. The molecule has 0 bridgehead atoms. The van der Waals surface area contributed by atoms with E-state index in [-0.39, 0.29) is 5.91 Å². The van der Waals surface area contributed by atoms with Gasteiger partial charge in [0.2, 0.25) is 0 Å². The van der Waals surface area contributed by atoms with Crippen LogP contribution in [0.2, 0.25) is 0 Å². The second kappa shape index (κ2) is 4.29. The van der Waals surface area contributed by atoms with Gasteiger partial charge in [-0.15, -0.1) is 0 Å². The Morgan fingerprint density at radius 1 is 1.06 bits per heavy atom. The van der Waals surface area contributed by atoms with E-state index in [2.05, 4.69) is 15.3 Å². The summed E-state index contributed by atoms with van der Waals surface area (Å²) in [7, 11) is 0. The summed E-state index contributed by atoms with van der Waals surface area (Å²) in [6.07, 6.45) is 6.97. The van der Waals surface area contributed by atoms with Gasteiger partial charge in [0.25, 0.3) is 5.91 Å². The zero-order valence-electron chi connectivity index (χ0n) is 9.45. The van der Waals surface area contributed by atoms with Crippen LogP contribution < -0.4 is 5.32 Å². The number of anilines is 1. The molecule has 0 aliphatic carbocycles. The lowest BCUT2D eigenvalue weighted by atomic mass is 10.3. The molecule has 3 rings (SSSR count). The highest BCUT2D eigenvalue weighted by atomic mass is 16.1. The standard InChI is InChI=1S/C13H10N4O/c18-13(11-4-1-2-6-14-11)16-10-5-3-8-17-9-7-15-12(10)17/h1-9H,(H,16,18). The minimum atomic E-state index is -0.244. The summed E-state index contributed by atoms with van der Waals surface area (Å²) >= 11 is 0. The lowest BCUT2D eigenvalue weighted by Gasteiger charge is -2.05. The van der Waals surface area contributed by atoms with Crippen LogP contribution in [0.25, 0.3) is 5.65 Å².